The summed E-state index contributed by atoms with van der Waals surface area (Å²) in [5, 5.41) is 9.13. The standard InChI is InChI=1S/C15H13NO2/c1-11-9-14(15(17)18)13(10-16-11)8-7-12-5-3-2-4-6-12/h2-10H,1H3,(H,17,18)/b8-7+. The molecule has 2 rings (SSSR count). The van der Waals surface area contributed by atoms with Crippen LogP contribution in [-0.4, -0.2) is 16.1 Å². The summed E-state index contributed by atoms with van der Waals surface area (Å²) in [7, 11) is 0. The maximum Gasteiger partial charge on any atom is 0.336 e. The highest BCUT2D eigenvalue weighted by Gasteiger charge is 2.08. The molecule has 0 aliphatic rings. The third-order valence-corrected chi connectivity index (χ3v) is 2.56. The summed E-state index contributed by atoms with van der Waals surface area (Å²) in [5.41, 5.74) is 2.60. The molecule has 0 bridgehead atoms. The fourth-order valence-corrected chi connectivity index (χ4v) is 1.64. The zero-order valence-electron chi connectivity index (χ0n) is 10.00. The van der Waals surface area contributed by atoms with Crippen LogP contribution >= 0.6 is 0 Å². The number of hydrogen-bond acceptors (Lipinski definition) is 2. The quantitative estimate of drug-likeness (QED) is 0.894. The predicted octanol–water partition coefficient (Wildman–Crippen LogP) is 3.26. The van der Waals surface area contributed by atoms with Gasteiger partial charge in [0.25, 0.3) is 0 Å². The lowest BCUT2D eigenvalue weighted by atomic mass is 10.1. The molecule has 18 heavy (non-hydrogen) atoms. The van der Waals surface area contributed by atoms with Crippen LogP contribution < -0.4 is 0 Å². The van der Waals surface area contributed by atoms with E-state index >= 15 is 0 Å². The summed E-state index contributed by atoms with van der Waals surface area (Å²) in [5.74, 6) is -0.937. The van der Waals surface area contributed by atoms with E-state index in [2.05, 4.69) is 4.98 Å². The van der Waals surface area contributed by atoms with Gasteiger partial charge >= 0.3 is 5.97 Å². The van der Waals surface area contributed by atoms with E-state index in [1.807, 2.05) is 36.4 Å². The van der Waals surface area contributed by atoms with Gasteiger partial charge in [0, 0.05) is 17.5 Å². The van der Waals surface area contributed by atoms with Gasteiger partial charge in [-0.1, -0.05) is 42.5 Å². The van der Waals surface area contributed by atoms with Crippen LogP contribution in [0.5, 0.6) is 0 Å². The van der Waals surface area contributed by atoms with Gasteiger partial charge in [0.1, 0.15) is 0 Å². The van der Waals surface area contributed by atoms with E-state index in [0.29, 0.717) is 11.3 Å². The molecule has 2 aromatic rings. The summed E-state index contributed by atoms with van der Waals surface area (Å²) in [6, 6.07) is 11.3. The molecule has 3 nitrogen and oxygen atoms in total. The van der Waals surface area contributed by atoms with Crippen LogP contribution in [0.25, 0.3) is 12.2 Å². The van der Waals surface area contributed by atoms with Gasteiger partial charge < -0.3 is 5.11 Å². The third-order valence-electron chi connectivity index (χ3n) is 2.56. The van der Waals surface area contributed by atoms with E-state index in [4.69, 9.17) is 5.11 Å². The lowest BCUT2D eigenvalue weighted by molar-refractivity contribution is 0.0696. The number of pyridine rings is 1. The van der Waals surface area contributed by atoms with Gasteiger partial charge in [0.15, 0.2) is 0 Å². The highest BCUT2D eigenvalue weighted by molar-refractivity contribution is 5.93. The molecule has 0 spiro atoms. The zero-order chi connectivity index (χ0) is 13.0. The number of carbonyl (C=O) groups is 1. The molecule has 1 heterocycles. The van der Waals surface area contributed by atoms with Crippen molar-refractivity contribution < 1.29 is 9.90 Å². The molecule has 0 unspecified atom stereocenters. The van der Waals surface area contributed by atoms with Crippen molar-refractivity contribution in [1.82, 2.24) is 4.98 Å². The molecule has 0 aliphatic heterocycles. The third kappa shape index (κ3) is 2.83. The van der Waals surface area contributed by atoms with Crippen molar-refractivity contribution >= 4 is 18.1 Å². The summed E-state index contributed by atoms with van der Waals surface area (Å²) in [4.78, 5) is 15.2. The second-order valence-corrected chi connectivity index (χ2v) is 3.96. The molecule has 0 amide bonds. The van der Waals surface area contributed by atoms with E-state index in [9.17, 15) is 4.79 Å². The summed E-state index contributed by atoms with van der Waals surface area (Å²) in [6.45, 7) is 1.77. The fraction of sp³-hybridized carbons (Fsp3) is 0.0667. The lowest BCUT2D eigenvalue weighted by Crippen LogP contribution is -2.01. The number of aryl methyl sites for hydroxylation is 1. The zero-order valence-corrected chi connectivity index (χ0v) is 10.00. The molecule has 0 fully saturated rings. The van der Waals surface area contributed by atoms with Crippen LogP contribution in [0.1, 0.15) is 27.2 Å². The van der Waals surface area contributed by atoms with Crippen molar-refractivity contribution in [2.45, 2.75) is 6.92 Å². The first-order valence-electron chi connectivity index (χ1n) is 5.60. The van der Waals surface area contributed by atoms with Gasteiger partial charge in [0.05, 0.1) is 5.56 Å². The smallest absolute Gasteiger partial charge is 0.336 e. The molecule has 1 N–H and O–H groups in total. The van der Waals surface area contributed by atoms with Crippen molar-refractivity contribution in [2.75, 3.05) is 0 Å². The van der Waals surface area contributed by atoms with E-state index in [0.717, 1.165) is 5.56 Å². The first-order chi connectivity index (χ1) is 8.66. The van der Waals surface area contributed by atoms with Crippen LogP contribution in [0.3, 0.4) is 0 Å². The number of aromatic nitrogens is 1. The van der Waals surface area contributed by atoms with Gasteiger partial charge in [0.2, 0.25) is 0 Å². The average molecular weight is 239 g/mol. The Kier molecular flexibility index (Phi) is 3.53. The van der Waals surface area contributed by atoms with E-state index < -0.39 is 5.97 Å². The Balaban J connectivity index is 2.35. The number of hydrogen-bond donors (Lipinski definition) is 1. The molecule has 0 atom stereocenters. The van der Waals surface area contributed by atoms with E-state index in [-0.39, 0.29) is 5.56 Å². The molecule has 1 aromatic heterocycles. The lowest BCUT2D eigenvalue weighted by Gasteiger charge is -2.01. The van der Waals surface area contributed by atoms with E-state index in [1.165, 1.54) is 0 Å². The molecule has 3 heteroatoms. The van der Waals surface area contributed by atoms with Gasteiger partial charge in [-0.15, -0.1) is 0 Å². The number of nitrogens with zero attached hydrogens (tertiary/aromatic N) is 1. The molecule has 0 saturated carbocycles. The number of carboxylic acid groups (broad SMARTS) is 1. The Morgan fingerprint density at radius 2 is 1.94 bits per heavy atom. The molecular formula is C15H13NO2. The van der Waals surface area contributed by atoms with Crippen molar-refractivity contribution in [1.29, 1.82) is 0 Å². The van der Waals surface area contributed by atoms with Gasteiger partial charge in [-0.3, -0.25) is 4.98 Å². The fourth-order valence-electron chi connectivity index (χ4n) is 1.64. The van der Waals surface area contributed by atoms with Gasteiger partial charge in [-0.05, 0) is 18.6 Å². The van der Waals surface area contributed by atoms with Crippen LogP contribution in [0.2, 0.25) is 0 Å². The van der Waals surface area contributed by atoms with Crippen LogP contribution in [0.15, 0.2) is 42.6 Å². The van der Waals surface area contributed by atoms with Crippen LogP contribution in [0.4, 0.5) is 0 Å². The Morgan fingerprint density at radius 1 is 1.22 bits per heavy atom. The van der Waals surface area contributed by atoms with Crippen LogP contribution in [-0.2, 0) is 0 Å². The SMILES string of the molecule is Cc1cc(C(=O)O)c(/C=C/c2ccccc2)cn1. The second-order valence-electron chi connectivity index (χ2n) is 3.96. The minimum Gasteiger partial charge on any atom is -0.478 e. The predicted molar refractivity (Wildman–Crippen MR) is 71.3 cm³/mol. The maximum atomic E-state index is 11.1. The Labute approximate surface area is 105 Å². The van der Waals surface area contributed by atoms with E-state index in [1.54, 1.807) is 25.3 Å². The highest BCUT2D eigenvalue weighted by Crippen LogP contribution is 2.13. The molecular weight excluding hydrogens is 226 g/mol. The summed E-state index contributed by atoms with van der Waals surface area (Å²) in [6.07, 6.45) is 5.22. The first kappa shape index (κ1) is 12.0. The molecule has 1 aromatic carbocycles. The maximum absolute atomic E-state index is 11.1. The van der Waals surface area contributed by atoms with Crippen molar-refractivity contribution in [3.05, 3.63) is 65.0 Å². The average Bonchev–Trinajstić information content (AvgIpc) is 2.38. The summed E-state index contributed by atoms with van der Waals surface area (Å²) >= 11 is 0. The Morgan fingerprint density at radius 3 is 2.61 bits per heavy atom. The highest BCUT2D eigenvalue weighted by atomic mass is 16.4. The number of carboxylic acids is 1. The van der Waals surface area contributed by atoms with Crippen molar-refractivity contribution in [3.8, 4) is 0 Å². The van der Waals surface area contributed by atoms with Gasteiger partial charge in [-0.2, -0.15) is 0 Å². The normalized spacial score (nSPS) is 10.7. The largest absolute Gasteiger partial charge is 0.478 e. The Bertz CT molecular complexity index is 589. The molecule has 0 radical (unpaired) electrons. The topological polar surface area (TPSA) is 50.2 Å². The Hall–Kier alpha value is -2.42. The molecule has 0 saturated heterocycles. The number of rotatable bonds is 3. The minimum absolute atomic E-state index is 0.273. The number of aromatic carboxylic acids is 1. The van der Waals surface area contributed by atoms with Crippen LogP contribution in [0, 0.1) is 6.92 Å². The summed E-state index contributed by atoms with van der Waals surface area (Å²) < 4.78 is 0. The van der Waals surface area contributed by atoms with Crippen molar-refractivity contribution in [2.24, 2.45) is 0 Å². The van der Waals surface area contributed by atoms with Crippen molar-refractivity contribution in [3.63, 3.8) is 0 Å². The second kappa shape index (κ2) is 5.27. The number of benzene rings is 1. The minimum atomic E-state index is -0.937. The molecule has 90 valence electrons. The van der Waals surface area contributed by atoms with Gasteiger partial charge in [-0.25, -0.2) is 4.79 Å². The first-order valence-corrected chi connectivity index (χ1v) is 5.60. The molecule has 0 aliphatic carbocycles. The monoisotopic (exact) mass is 239 g/mol.